The summed E-state index contributed by atoms with van der Waals surface area (Å²) in [5, 5.41) is 0. The van der Waals surface area contributed by atoms with E-state index >= 15 is 0 Å². The topological polar surface area (TPSA) is 18.5 Å². The lowest BCUT2D eigenvalue weighted by Gasteiger charge is -2.60. The van der Waals surface area contributed by atoms with Crippen LogP contribution in [0.1, 0.15) is 78.1 Å². The molecular weight excluding hydrogens is 308 g/mol. The SMILES string of the molecule is C[C@]12CC[C@H]3[C@@H](CCC4CCCC[C@@]43C)[C@@H]1CC[C@@H]2C1=COCCO1. The summed E-state index contributed by atoms with van der Waals surface area (Å²) in [6, 6.07) is 0. The predicted molar refractivity (Wildman–Crippen MR) is 99.8 cm³/mol. The maximum absolute atomic E-state index is 6.05. The fourth-order valence-electron chi connectivity index (χ4n) is 8.33. The van der Waals surface area contributed by atoms with E-state index < -0.39 is 0 Å². The highest BCUT2D eigenvalue weighted by Crippen LogP contribution is 2.68. The molecule has 1 unspecified atom stereocenters. The van der Waals surface area contributed by atoms with Crippen LogP contribution in [0.15, 0.2) is 12.0 Å². The molecule has 0 aromatic rings. The normalized spacial score (nSPS) is 52.1. The van der Waals surface area contributed by atoms with Crippen LogP contribution in [0.2, 0.25) is 0 Å². The van der Waals surface area contributed by atoms with Crippen molar-refractivity contribution in [2.24, 2.45) is 40.4 Å². The van der Waals surface area contributed by atoms with Crippen molar-refractivity contribution in [3.63, 3.8) is 0 Å². The Bertz CT molecular complexity index is 554. The number of hydrogen-bond acceptors (Lipinski definition) is 2. The van der Waals surface area contributed by atoms with E-state index in [1.54, 1.807) is 0 Å². The maximum atomic E-state index is 6.05. The van der Waals surface area contributed by atoms with Gasteiger partial charge in [0, 0.05) is 5.92 Å². The van der Waals surface area contributed by atoms with Crippen LogP contribution in [0.3, 0.4) is 0 Å². The summed E-state index contributed by atoms with van der Waals surface area (Å²) >= 11 is 0. The van der Waals surface area contributed by atoms with E-state index in [2.05, 4.69) is 13.8 Å². The lowest BCUT2D eigenvalue weighted by molar-refractivity contribution is -0.112. The summed E-state index contributed by atoms with van der Waals surface area (Å²) in [5.41, 5.74) is 1.11. The molecule has 2 nitrogen and oxygen atoms in total. The van der Waals surface area contributed by atoms with Crippen LogP contribution >= 0.6 is 0 Å². The second kappa shape index (κ2) is 5.92. The summed E-state index contributed by atoms with van der Waals surface area (Å²) in [4.78, 5) is 0. The highest BCUT2D eigenvalue weighted by molar-refractivity contribution is 5.14. The van der Waals surface area contributed by atoms with Gasteiger partial charge in [0.1, 0.15) is 25.2 Å². The Kier molecular flexibility index (Phi) is 3.91. The lowest BCUT2D eigenvalue weighted by atomic mass is 9.45. The van der Waals surface area contributed by atoms with Crippen LogP contribution in [0.5, 0.6) is 0 Å². The molecule has 7 atom stereocenters. The zero-order valence-electron chi connectivity index (χ0n) is 16.3. The molecule has 0 radical (unpaired) electrons. The third kappa shape index (κ3) is 2.34. The number of hydrogen-bond donors (Lipinski definition) is 0. The quantitative estimate of drug-likeness (QED) is 0.587. The fraction of sp³-hybridized carbons (Fsp3) is 0.913. The van der Waals surface area contributed by atoms with E-state index in [1.165, 1.54) is 70.0 Å². The van der Waals surface area contributed by atoms with Crippen molar-refractivity contribution in [2.75, 3.05) is 13.2 Å². The van der Waals surface area contributed by atoms with E-state index in [4.69, 9.17) is 9.47 Å². The number of allylic oxidation sites excluding steroid dienone is 1. The monoisotopic (exact) mass is 344 g/mol. The van der Waals surface area contributed by atoms with E-state index in [0.717, 1.165) is 36.9 Å². The third-order valence-corrected chi connectivity index (χ3v) is 9.60. The minimum absolute atomic E-state index is 0.450. The van der Waals surface area contributed by atoms with E-state index in [0.29, 0.717) is 16.7 Å². The Labute approximate surface area is 153 Å². The minimum atomic E-state index is 0.450. The fourth-order valence-corrected chi connectivity index (χ4v) is 8.33. The number of rotatable bonds is 1. The first-order valence-electron chi connectivity index (χ1n) is 11.1. The number of ether oxygens (including phenoxy) is 2. The molecule has 2 heteroatoms. The summed E-state index contributed by atoms with van der Waals surface area (Å²) in [5.74, 6) is 5.71. The molecule has 1 heterocycles. The van der Waals surface area contributed by atoms with Gasteiger partial charge in [-0.15, -0.1) is 0 Å². The molecule has 0 N–H and O–H groups in total. The van der Waals surface area contributed by atoms with Crippen molar-refractivity contribution in [1.82, 2.24) is 0 Å². The third-order valence-electron chi connectivity index (χ3n) is 9.60. The van der Waals surface area contributed by atoms with Gasteiger partial charge in [-0.3, -0.25) is 0 Å². The van der Waals surface area contributed by atoms with Crippen molar-refractivity contribution in [1.29, 1.82) is 0 Å². The van der Waals surface area contributed by atoms with Crippen LogP contribution in [-0.4, -0.2) is 13.2 Å². The van der Waals surface area contributed by atoms with E-state index in [9.17, 15) is 0 Å². The minimum Gasteiger partial charge on any atom is -0.494 e. The molecular formula is C23H36O2. The zero-order chi connectivity index (χ0) is 17.1. The standard InChI is InChI=1S/C23H36O2/c1-22-11-4-3-5-16(22)6-7-17-18-8-9-20(21-15-24-13-14-25-21)23(18,2)12-10-19(17)22/h15-20H,3-14H2,1-2H3/t16?,17-,18-,19-,20+,22-,23-/m0/s1. The van der Waals surface area contributed by atoms with Gasteiger partial charge in [-0.25, -0.2) is 0 Å². The van der Waals surface area contributed by atoms with Gasteiger partial charge < -0.3 is 9.47 Å². The second-order valence-corrected chi connectivity index (χ2v) is 10.3. The first kappa shape index (κ1) is 16.5. The summed E-state index contributed by atoms with van der Waals surface area (Å²) < 4.78 is 11.7. The average Bonchev–Trinajstić information content (AvgIpc) is 2.99. The first-order valence-corrected chi connectivity index (χ1v) is 11.1. The van der Waals surface area contributed by atoms with Crippen LogP contribution in [0.25, 0.3) is 0 Å². The van der Waals surface area contributed by atoms with Crippen molar-refractivity contribution in [3.05, 3.63) is 12.0 Å². The number of fused-ring (bicyclic) bond motifs is 5. The molecule has 0 amide bonds. The predicted octanol–water partition coefficient (Wildman–Crippen LogP) is 5.92. The van der Waals surface area contributed by atoms with Gasteiger partial charge in [0.25, 0.3) is 0 Å². The van der Waals surface area contributed by atoms with E-state index in [-0.39, 0.29) is 0 Å². The summed E-state index contributed by atoms with van der Waals surface area (Å²) in [7, 11) is 0. The molecule has 4 saturated carbocycles. The Morgan fingerprint density at radius 3 is 2.56 bits per heavy atom. The molecule has 0 aromatic carbocycles. The lowest BCUT2D eigenvalue weighted by Crippen LogP contribution is -2.52. The van der Waals surface area contributed by atoms with Gasteiger partial charge in [0.05, 0.1) is 0 Å². The Hall–Kier alpha value is -0.660. The van der Waals surface area contributed by atoms with Gasteiger partial charge in [-0.1, -0.05) is 26.7 Å². The van der Waals surface area contributed by atoms with Gasteiger partial charge in [-0.2, -0.15) is 0 Å². The van der Waals surface area contributed by atoms with Crippen LogP contribution < -0.4 is 0 Å². The van der Waals surface area contributed by atoms with Crippen LogP contribution in [-0.2, 0) is 9.47 Å². The van der Waals surface area contributed by atoms with Crippen LogP contribution in [0.4, 0.5) is 0 Å². The molecule has 4 fully saturated rings. The maximum Gasteiger partial charge on any atom is 0.134 e. The molecule has 0 spiro atoms. The van der Waals surface area contributed by atoms with Gasteiger partial charge in [0.15, 0.2) is 0 Å². The van der Waals surface area contributed by atoms with Crippen molar-refractivity contribution >= 4 is 0 Å². The van der Waals surface area contributed by atoms with Crippen LogP contribution in [0, 0.1) is 40.4 Å². The largest absolute Gasteiger partial charge is 0.494 e. The molecule has 5 rings (SSSR count). The van der Waals surface area contributed by atoms with Gasteiger partial charge in [-0.05, 0) is 85.9 Å². The van der Waals surface area contributed by atoms with Gasteiger partial charge >= 0.3 is 0 Å². The highest BCUT2D eigenvalue weighted by atomic mass is 16.6. The van der Waals surface area contributed by atoms with E-state index in [1.807, 2.05) is 6.26 Å². The smallest absolute Gasteiger partial charge is 0.134 e. The molecule has 1 aliphatic heterocycles. The molecule has 25 heavy (non-hydrogen) atoms. The first-order chi connectivity index (χ1) is 12.1. The zero-order valence-corrected chi connectivity index (χ0v) is 16.3. The van der Waals surface area contributed by atoms with Crippen molar-refractivity contribution < 1.29 is 9.47 Å². The molecule has 5 aliphatic rings. The highest BCUT2D eigenvalue weighted by Gasteiger charge is 2.60. The Morgan fingerprint density at radius 1 is 0.840 bits per heavy atom. The Balaban J connectivity index is 1.42. The average molecular weight is 345 g/mol. The van der Waals surface area contributed by atoms with Crippen molar-refractivity contribution in [2.45, 2.75) is 78.1 Å². The second-order valence-electron chi connectivity index (χ2n) is 10.3. The van der Waals surface area contributed by atoms with Gasteiger partial charge in [0.2, 0.25) is 0 Å². The van der Waals surface area contributed by atoms with Crippen molar-refractivity contribution in [3.8, 4) is 0 Å². The molecule has 4 aliphatic carbocycles. The summed E-state index contributed by atoms with van der Waals surface area (Å²) in [6.45, 7) is 6.75. The molecule has 0 saturated heterocycles. The summed E-state index contributed by atoms with van der Waals surface area (Å²) in [6.07, 6.45) is 16.6. The molecule has 0 bridgehead atoms. The molecule has 140 valence electrons. The molecule has 0 aromatic heterocycles. The Morgan fingerprint density at radius 2 is 1.72 bits per heavy atom.